The van der Waals surface area contributed by atoms with Crippen molar-refractivity contribution < 1.29 is 14.3 Å². The zero-order chi connectivity index (χ0) is 12.4. The van der Waals surface area contributed by atoms with Crippen LogP contribution in [0.25, 0.3) is 0 Å². The Morgan fingerprint density at radius 3 is 3.00 bits per heavy atom. The highest BCUT2D eigenvalue weighted by atomic mass is 16.6. The molecule has 2 atom stereocenters. The minimum atomic E-state index is -1.01. The second-order valence-corrected chi connectivity index (χ2v) is 3.93. The van der Waals surface area contributed by atoms with Crippen LogP contribution in [0.15, 0.2) is 6.33 Å². The third kappa shape index (κ3) is 2.35. The van der Waals surface area contributed by atoms with Gasteiger partial charge in [-0.25, -0.2) is 4.79 Å². The van der Waals surface area contributed by atoms with Crippen molar-refractivity contribution >= 4 is 12.0 Å². The number of aryl methyl sites for hydroxylation is 1. The summed E-state index contributed by atoms with van der Waals surface area (Å²) in [6, 6.07) is 0. The Hall–Kier alpha value is -2.12. The molecule has 0 unspecified atom stereocenters. The van der Waals surface area contributed by atoms with Crippen molar-refractivity contribution in [3.63, 3.8) is 0 Å². The summed E-state index contributed by atoms with van der Waals surface area (Å²) in [4.78, 5) is 21.8. The average molecular weight is 239 g/mol. The highest BCUT2D eigenvalue weighted by Crippen LogP contribution is 2.30. The van der Waals surface area contributed by atoms with Crippen molar-refractivity contribution in [2.24, 2.45) is 11.5 Å². The molecule has 2 rings (SSSR count). The molecule has 0 radical (unpaired) electrons. The first-order valence-corrected chi connectivity index (χ1v) is 5.21. The third-order valence-electron chi connectivity index (χ3n) is 2.80. The number of fused-ring (bicyclic) bond motifs is 1. The summed E-state index contributed by atoms with van der Waals surface area (Å²) in [6.45, 7) is 0.787. The predicted octanol–water partition coefficient (Wildman–Crippen LogP) is -0.895. The molecular weight excluding hydrogens is 226 g/mol. The second-order valence-electron chi connectivity index (χ2n) is 3.93. The molecule has 2 heterocycles. The van der Waals surface area contributed by atoms with E-state index in [9.17, 15) is 9.59 Å². The van der Waals surface area contributed by atoms with E-state index < -0.39 is 18.1 Å². The van der Waals surface area contributed by atoms with E-state index in [0.29, 0.717) is 0 Å². The SMILES string of the molecule is NC(=O)O[C@@H](C[C@@H]1CCn2cnnc21)C(N)=O. The van der Waals surface area contributed by atoms with Gasteiger partial charge in [0.15, 0.2) is 6.10 Å². The lowest BCUT2D eigenvalue weighted by Gasteiger charge is -2.16. The fourth-order valence-electron chi connectivity index (χ4n) is 2.02. The van der Waals surface area contributed by atoms with Crippen molar-refractivity contribution in [3.8, 4) is 0 Å². The fourth-order valence-corrected chi connectivity index (χ4v) is 2.02. The van der Waals surface area contributed by atoms with Gasteiger partial charge in [0.05, 0.1) is 0 Å². The van der Waals surface area contributed by atoms with Gasteiger partial charge in [-0.15, -0.1) is 10.2 Å². The van der Waals surface area contributed by atoms with Crippen LogP contribution in [-0.4, -0.2) is 32.9 Å². The standard InChI is InChI=1S/C9H13N5O3/c10-7(15)6(17-9(11)16)3-5-1-2-14-4-12-13-8(5)14/h4-6H,1-3H2,(H2,10,15)(H2,11,16)/t5-,6-/m0/s1. The van der Waals surface area contributed by atoms with Crippen LogP contribution in [0.1, 0.15) is 24.6 Å². The minimum Gasteiger partial charge on any atom is -0.436 e. The lowest BCUT2D eigenvalue weighted by atomic mass is 9.99. The number of nitrogens with zero attached hydrogens (tertiary/aromatic N) is 3. The maximum Gasteiger partial charge on any atom is 0.405 e. The van der Waals surface area contributed by atoms with Crippen LogP contribution in [0.4, 0.5) is 4.79 Å². The Bertz CT molecular complexity index is 444. The molecule has 0 aliphatic carbocycles. The van der Waals surface area contributed by atoms with Crippen molar-refractivity contribution in [1.29, 1.82) is 0 Å². The summed E-state index contributed by atoms with van der Waals surface area (Å²) in [5.74, 6) is 0.0837. The van der Waals surface area contributed by atoms with Gasteiger partial charge >= 0.3 is 6.09 Å². The number of amides is 2. The normalized spacial score (nSPS) is 19.6. The van der Waals surface area contributed by atoms with Gasteiger partial charge in [-0.3, -0.25) is 4.79 Å². The minimum absolute atomic E-state index is 0.00866. The molecule has 92 valence electrons. The molecule has 4 N–H and O–H groups in total. The summed E-state index contributed by atoms with van der Waals surface area (Å²) in [6.07, 6.45) is 0.714. The first kappa shape index (κ1) is 11.4. The zero-order valence-corrected chi connectivity index (χ0v) is 9.07. The van der Waals surface area contributed by atoms with E-state index in [-0.39, 0.29) is 12.3 Å². The molecule has 8 nitrogen and oxygen atoms in total. The summed E-state index contributed by atoms with van der Waals surface area (Å²) < 4.78 is 6.57. The molecule has 0 saturated carbocycles. The van der Waals surface area contributed by atoms with Crippen molar-refractivity contribution in [2.75, 3.05) is 0 Å². The number of primary amides is 2. The summed E-state index contributed by atoms with van der Waals surface area (Å²) in [5.41, 5.74) is 10.0. The topological polar surface area (TPSA) is 126 Å². The van der Waals surface area contributed by atoms with Crippen LogP contribution < -0.4 is 11.5 Å². The van der Waals surface area contributed by atoms with Gasteiger partial charge < -0.3 is 20.8 Å². The van der Waals surface area contributed by atoms with Crippen LogP contribution in [0, 0.1) is 0 Å². The first-order chi connectivity index (χ1) is 8.08. The van der Waals surface area contributed by atoms with Crippen LogP contribution in [0.2, 0.25) is 0 Å². The van der Waals surface area contributed by atoms with Gasteiger partial charge in [-0.05, 0) is 6.42 Å². The molecule has 1 aliphatic rings. The molecule has 17 heavy (non-hydrogen) atoms. The molecule has 1 aromatic rings. The Kier molecular flexibility index (Phi) is 2.94. The van der Waals surface area contributed by atoms with E-state index in [2.05, 4.69) is 14.9 Å². The zero-order valence-electron chi connectivity index (χ0n) is 9.07. The number of ether oxygens (including phenoxy) is 1. The highest BCUT2D eigenvalue weighted by molar-refractivity contribution is 5.81. The average Bonchev–Trinajstić information content (AvgIpc) is 2.80. The van der Waals surface area contributed by atoms with Crippen molar-refractivity contribution in [3.05, 3.63) is 12.2 Å². The van der Waals surface area contributed by atoms with Gasteiger partial charge in [0.25, 0.3) is 5.91 Å². The van der Waals surface area contributed by atoms with Gasteiger partial charge in [0.1, 0.15) is 12.2 Å². The molecular formula is C9H13N5O3. The Morgan fingerprint density at radius 1 is 1.59 bits per heavy atom. The molecule has 8 heteroatoms. The van der Waals surface area contributed by atoms with E-state index in [1.54, 1.807) is 6.33 Å². The van der Waals surface area contributed by atoms with Gasteiger partial charge in [-0.1, -0.05) is 0 Å². The summed E-state index contributed by atoms with van der Waals surface area (Å²) in [5, 5.41) is 7.73. The van der Waals surface area contributed by atoms with E-state index >= 15 is 0 Å². The summed E-state index contributed by atoms with van der Waals surface area (Å²) >= 11 is 0. The number of nitrogens with two attached hydrogens (primary N) is 2. The van der Waals surface area contributed by atoms with Crippen molar-refractivity contribution in [2.45, 2.75) is 31.4 Å². The van der Waals surface area contributed by atoms with E-state index in [1.165, 1.54) is 0 Å². The maximum absolute atomic E-state index is 11.1. The molecule has 0 aromatic carbocycles. The van der Waals surface area contributed by atoms with Gasteiger partial charge in [-0.2, -0.15) is 0 Å². The predicted molar refractivity (Wildman–Crippen MR) is 55.6 cm³/mol. The number of hydrogen-bond acceptors (Lipinski definition) is 5. The van der Waals surface area contributed by atoms with Crippen LogP contribution >= 0.6 is 0 Å². The molecule has 2 amide bonds. The number of aromatic nitrogens is 3. The lowest BCUT2D eigenvalue weighted by Crippen LogP contribution is -2.36. The van der Waals surface area contributed by atoms with Gasteiger partial charge in [0.2, 0.25) is 0 Å². The Labute approximate surface area is 96.9 Å². The number of hydrogen-bond donors (Lipinski definition) is 2. The largest absolute Gasteiger partial charge is 0.436 e. The molecule has 0 fully saturated rings. The number of carbonyl (C=O) groups is 2. The number of rotatable bonds is 4. The third-order valence-corrected chi connectivity index (χ3v) is 2.80. The lowest BCUT2D eigenvalue weighted by molar-refractivity contribution is -0.126. The second kappa shape index (κ2) is 4.40. The molecule has 0 saturated heterocycles. The quantitative estimate of drug-likeness (QED) is 0.704. The van der Waals surface area contributed by atoms with Crippen LogP contribution in [-0.2, 0) is 16.1 Å². The monoisotopic (exact) mass is 239 g/mol. The van der Waals surface area contributed by atoms with Crippen molar-refractivity contribution in [1.82, 2.24) is 14.8 Å². The Balaban J connectivity index is 2.05. The molecule has 1 aliphatic heterocycles. The maximum atomic E-state index is 11.1. The Morgan fingerprint density at radius 2 is 2.35 bits per heavy atom. The smallest absolute Gasteiger partial charge is 0.405 e. The molecule has 0 spiro atoms. The number of carbonyl (C=O) groups excluding carboxylic acids is 2. The molecule has 0 bridgehead atoms. The van der Waals surface area contributed by atoms with E-state index in [4.69, 9.17) is 11.5 Å². The van der Waals surface area contributed by atoms with E-state index in [0.717, 1.165) is 18.8 Å². The van der Waals surface area contributed by atoms with E-state index in [1.807, 2.05) is 4.57 Å². The summed E-state index contributed by atoms with van der Waals surface area (Å²) in [7, 11) is 0. The fraction of sp³-hybridized carbons (Fsp3) is 0.556. The van der Waals surface area contributed by atoms with Crippen LogP contribution in [0.3, 0.4) is 0 Å². The first-order valence-electron chi connectivity index (χ1n) is 5.21. The molecule has 1 aromatic heterocycles. The van der Waals surface area contributed by atoms with Crippen LogP contribution in [0.5, 0.6) is 0 Å². The highest BCUT2D eigenvalue weighted by Gasteiger charge is 2.31. The van der Waals surface area contributed by atoms with Gasteiger partial charge in [0, 0.05) is 18.9 Å².